The van der Waals surface area contributed by atoms with Crippen LogP contribution in [0.15, 0.2) is 30.3 Å². The molecule has 21 heavy (non-hydrogen) atoms. The Morgan fingerprint density at radius 2 is 1.95 bits per heavy atom. The van der Waals surface area contributed by atoms with Crippen LogP contribution in [0.2, 0.25) is 0 Å². The van der Waals surface area contributed by atoms with E-state index in [2.05, 4.69) is 16.8 Å². The Balaban J connectivity index is 1.50. The smallest absolute Gasteiger partial charge is 0.241 e. The van der Waals surface area contributed by atoms with Crippen LogP contribution >= 0.6 is 0 Å². The van der Waals surface area contributed by atoms with Crippen molar-refractivity contribution in [3.63, 3.8) is 0 Å². The van der Waals surface area contributed by atoms with Crippen LogP contribution in [0.1, 0.15) is 19.3 Å². The van der Waals surface area contributed by atoms with Gasteiger partial charge in [-0.2, -0.15) is 0 Å². The van der Waals surface area contributed by atoms with E-state index >= 15 is 0 Å². The Morgan fingerprint density at radius 1 is 1.14 bits per heavy atom. The number of piperazine rings is 1. The zero-order valence-electron chi connectivity index (χ0n) is 12.9. The Bertz CT molecular complexity index is 476. The quantitative estimate of drug-likeness (QED) is 0.845. The summed E-state index contributed by atoms with van der Waals surface area (Å²) in [5.74, 6) is 0.229. The fraction of sp³-hybridized carbons (Fsp3) is 0.588. The van der Waals surface area contributed by atoms with Crippen molar-refractivity contribution in [2.24, 2.45) is 0 Å². The highest BCUT2D eigenvalue weighted by Gasteiger charge is 2.26. The van der Waals surface area contributed by atoms with E-state index in [1.54, 1.807) is 0 Å². The molecule has 4 nitrogen and oxygen atoms in total. The third-order valence-electron chi connectivity index (χ3n) is 4.82. The van der Waals surface area contributed by atoms with Gasteiger partial charge in [0.1, 0.15) is 0 Å². The maximum Gasteiger partial charge on any atom is 0.241 e. The highest BCUT2D eigenvalue weighted by atomic mass is 16.2. The fourth-order valence-electron chi connectivity index (χ4n) is 3.47. The normalized spacial score (nSPS) is 24.7. The summed E-state index contributed by atoms with van der Waals surface area (Å²) in [4.78, 5) is 19.0. The zero-order chi connectivity index (χ0) is 14.7. The first-order chi connectivity index (χ1) is 10.2. The second-order valence-corrected chi connectivity index (χ2v) is 6.22. The third-order valence-corrected chi connectivity index (χ3v) is 4.82. The number of hydrogen-bond acceptors (Lipinski definition) is 3. The van der Waals surface area contributed by atoms with Crippen LogP contribution in [0.4, 0.5) is 5.69 Å². The number of carbonyl (C=O) groups excluding carboxylic acids is 1. The topological polar surface area (TPSA) is 26.8 Å². The van der Waals surface area contributed by atoms with E-state index in [1.807, 2.05) is 35.2 Å². The van der Waals surface area contributed by atoms with E-state index in [0.29, 0.717) is 12.6 Å². The van der Waals surface area contributed by atoms with Gasteiger partial charge < -0.3 is 9.80 Å². The number of carbonyl (C=O) groups is 1. The molecule has 2 fully saturated rings. The summed E-state index contributed by atoms with van der Waals surface area (Å²) in [6.07, 6.45) is 3.82. The molecule has 0 spiro atoms. The zero-order valence-corrected chi connectivity index (χ0v) is 12.9. The van der Waals surface area contributed by atoms with Gasteiger partial charge in [-0.1, -0.05) is 18.2 Å². The largest absolute Gasteiger partial charge is 0.310 e. The van der Waals surface area contributed by atoms with Gasteiger partial charge in [0.15, 0.2) is 0 Å². The van der Waals surface area contributed by atoms with Crippen LogP contribution in [-0.2, 0) is 4.79 Å². The molecular weight excluding hydrogens is 262 g/mol. The molecule has 1 aromatic carbocycles. The molecule has 2 aliphatic heterocycles. The monoisotopic (exact) mass is 287 g/mol. The molecule has 0 aromatic heterocycles. The van der Waals surface area contributed by atoms with Gasteiger partial charge in [0.25, 0.3) is 0 Å². The molecule has 0 aliphatic carbocycles. The number of nitrogens with zero attached hydrogens (tertiary/aromatic N) is 3. The SMILES string of the molecule is CN1CCC[C@@H]1CCN1CCN(c2ccccc2)C(=O)C1. The van der Waals surface area contributed by atoms with Gasteiger partial charge in [-0.25, -0.2) is 0 Å². The van der Waals surface area contributed by atoms with Crippen molar-refractivity contribution < 1.29 is 4.79 Å². The van der Waals surface area contributed by atoms with E-state index in [0.717, 1.165) is 25.3 Å². The summed E-state index contributed by atoms with van der Waals surface area (Å²) in [7, 11) is 2.22. The molecule has 2 aliphatic rings. The average molecular weight is 287 g/mol. The predicted molar refractivity (Wildman–Crippen MR) is 85.5 cm³/mol. The van der Waals surface area contributed by atoms with Crippen molar-refractivity contribution in [1.29, 1.82) is 0 Å². The van der Waals surface area contributed by atoms with Crippen molar-refractivity contribution >= 4 is 11.6 Å². The molecule has 2 heterocycles. The lowest BCUT2D eigenvalue weighted by Crippen LogP contribution is -2.51. The second-order valence-electron chi connectivity index (χ2n) is 6.22. The van der Waals surface area contributed by atoms with Gasteiger partial charge in [-0.15, -0.1) is 0 Å². The Morgan fingerprint density at radius 3 is 2.62 bits per heavy atom. The molecular formula is C17H25N3O. The standard InChI is InChI=1S/C17H25N3O/c1-18-10-5-8-15(18)9-11-19-12-13-20(17(21)14-19)16-6-3-2-4-7-16/h2-4,6-7,15H,5,8-14H2,1H3/t15-/m1/s1. The molecule has 0 N–H and O–H groups in total. The number of anilines is 1. The second kappa shape index (κ2) is 6.58. The molecule has 0 saturated carbocycles. The van der Waals surface area contributed by atoms with Crippen LogP contribution in [-0.4, -0.2) is 61.5 Å². The molecule has 1 amide bonds. The van der Waals surface area contributed by atoms with E-state index in [4.69, 9.17) is 0 Å². The maximum atomic E-state index is 12.3. The summed E-state index contributed by atoms with van der Waals surface area (Å²) >= 11 is 0. The maximum absolute atomic E-state index is 12.3. The molecule has 0 unspecified atom stereocenters. The number of para-hydroxylation sites is 1. The molecule has 114 valence electrons. The third kappa shape index (κ3) is 3.44. The van der Waals surface area contributed by atoms with Gasteiger partial charge >= 0.3 is 0 Å². The van der Waals surface area contributed by atoms with Gasteiger partial charge in [0, 0.05) is 31.4 Å². The molecule has 0 bridgehead atoms. The van der Waals surface area contributed by atoms with Gasteiger partial charge in [0.05, 0.1) is 6.54 Å². The summed E-state index contributed by atoms with van der Waals surface area (Å²) in [6.45, 7) is 4.63. The summed E-state index contributed by atoms with van der Waals surface area (Å²) < 4.78 is 0. The van der Waals surface area contributed by atoms with Crippen molar-refractivity contribution in [3.8, 4) is 0 Å². The van der Waals surface area contributed by atoms with Crippen LogP contribution in [0, 0.1) is 0 Å². The van der Waals surface area contributed by atoms with Crippen LogP contribution in [0.25, 0.3) is 0 Å². The number of rotatable bonds is 4. The minimum absolute atomic E-state index is 0.229. The van der Waals surface area contributed by atoms with Crippen molar-refractivity contribution in [2.75, 3.05) is 44.7 Å². The molecule has 2 saturated heterocycles. The molecule has 1 aromatic rings. The molecule has 4 heteroatoms. The number of hydrogen-bond donors (Lipinski definition) is 0. The molecule has 3 rings (SSSR count). The summed E-state index contributed by atoms with van der Waals surface area (Å²) in [5.41, 5.74) is 1.03. The van der Waals surface area contributed by atoms with E-state index < -0.39 is 0 Å². The fourth-order valence-corrected chi connectivity index (χ4v) is 3.47. The molecule has 1 atom stereocenters. The minimum Gasteiger partial charge on any atom is -0.310 e. The highest BCUT2D eigenvalue weighted by Crippen LogP contribution is 2.20. The van der Waals surface area contributed by atoms with Crippen molar-refractivity contribution in [3.05, 3.63) is 30.3 Å². The van der Waals surface area contributed by atoms with Gasteiger partial charge in [0.2, 0.25) is 5.91 Å². The Kier molecular flexibility index (Phi) is 4.56. The Labute approximate surface area is 127 Å². The summed E-state index contributed by atoms with van der Waals surface area (Å²) in [6, 6.07) is 10.7. The lowest BCUT2D eigenvalue weighted by molar-refractivity contribution is -0.121. The van der Waals surface area contributed by atoms with Crippen LogP contribution in [0.3, 0.4) is 0 Å². The number of likely N-dealkylation sites (tertiary alicyclic amines) is 1. The van der Waals surface area contributed by atoms with Crippen LogP contribution < -0.4 is 4.90 Å². The van der Waals surface area contributed by atoms with Crippen molar-refractivity contribution in [1.82, 2.24) is 9.80 Å². The number of benzene rings is 1. The predicted octanol–water partition coefficient (Wildman–Crippen LogP) is 1.82. The molecule has 0 radical (unpaired) electrons. The Hall–Kier alpha value is -1.39. The number of amides is 1. The summed E-state index contributed by atoms with van der Waals surface area (Å²) in [5, 5.41) is 0. The minimum atomic E-state index is 0.229. The first-order valence-electron chi connectivity index (χ1n) is 8.02. The lowest BCUT2D eigenvalue weighted by atomic mass is 10.1. The lowest BCUT2D eigenvalue weighted by Gasteiger charge is -2.35. The van der Waals surface area contributed by atoms with E-state index in [1.165, 1.54) is 25.8 Å². The van der Waals surface area contributed by atoms with E-state index in [9.17, 15) is 4.79 Å². The van der Waals surface area contributed by atoms with Gasteiger partial charge in [-0.3, -0.25) is 9.69 Å². The average Bonchev–Trinajstić information content (AvgIpc) is 2.91. The highest BCUT2D eigenvalue weighted by molar-refractivity contribution is 5.95. The first kappa shape index (κ1) is 14.5. The van der Waals surface area contributed by atoms with Crippen molar-refractivity contribution in [2.45, 2.75) is 25.3 Å². The first-order valence-corrected chi connectivity index (χ1v) is 8.02. The van der Waals surface area contributed by atoms with E-state index in [-0.39, 0.29) is 5.91 Å². The van der Waals surface area contributed by atoms with Crippen LogP contribution in [0.5, 0.6) is 0 Å². The van der Waals surface area contributed by atoms with Gasteiger partial charge in [-0.05, 0) is 45.0 Å².